The first-order valence-corrected chi connectivity index (χ1v) is 12.7. The Balaban J connectivity index is 2.18. The van der Waals surface area contributed by atoms with Crippen LogP contribution in [0.5, 0.6) is 0 Å². The van der Waals surface area contributed by atoms with Gasteiger partial charge in [-0.05, 0) is 33.7 Å². The first kappa shape index (κ1) is 22.2. The van der Waals surface area contributed by atoms with Gasteiger partial charge < -0.3 is 9.63 Å². The van der Waals surface area contributed by atoms with Crippen LogP contribution >= 0.6 is 0 Å². The fraction of sp³-hybridized carbons (Fsp3) is 0.520. The maximum atomic E-state index is 10.8. The Morgan fingerprint density at radius 1 is 0.862 bits per heavy atom. The lowest BCUT2D eigenvalue weighted by Gasteiger charge is -2.51. The fourth-order valence-corrected chi connectivity index (χ4v) is 9.71. The van der Waals surface area contributed by atoms with Crippen LogP contribution in [0.3, 0.4) is 0 Å². The van der Waals surface area contributed by atoms with Gasteiger partial charge in [0, 0.05) is 6.54 Å². The van der Waals surface area contributed by atoms with E-state index in [2.05, 4.69) is 102 Å². The van der Waals surface area contributed by atoms with E-state index in [1.165, 1.54) is 15.4 Å². The molecular weight excluding hydrogens is 374 g/mol. The summed E-state index contributed by atoms with van der Waals surface area (Å²) in [7, 11) is -2.62. The molecule has 1 fully saturated rings. The number of nitrogens with zero attached hydrogens (tertiary/aromatic N) is 1. The average molecular weight is 412 g/mol. The summed E-state index contributed by atoms with van der Waals surface area (Å²) in [6.45, 7) is 14.2. The highest BCUT2D eigenvalue weighted by atomic mass is 28.4. The SMILES string of the molecule is CC(C)(C)[C@@H]1[C@@H](O[Si](c2ccccc2)(c2ccccc2)C(C)(C)C)CCCN1O. The third kappa shape index (κ3) is 4.36. The highest BCUT2D eigenvalue weighted by molar-refractivity contribution is 6.99. The maximum Gasteiger partial charge on any atom is 0.261 e. The van der Waals surface area contributed by atoms with Crippen LogP contribution in [0.4, 0.5) is 0 Å². The lowest BCUT2D eigenvalue weighted by Crippen LogP contribution is -2.70. The second-order valence-electron chi connectivity index (χ2n) is 10.4. The summed E-state index contributed by atoms with van der Waals surface area (Å²) >= 11 is 0. The second kappa shape index (κ2) is 8.35. The Morgan fingerprint density at radius 2 is 1.34 bits per heavy atom. The van der Waals surface area contributed by atoms with E-state index in [1.807, 2.05) is 0 Å². The molecule has 1 N–H and O–H groups in total. The van der Waals surface area contributed by atoms with Crippen LogP contribution in [-0.4, -0.2) is 37.3 Å². The predicted octanol–water partition coefficient (Wildman–Crippen LogP) is 4.83. The van der Waals surface area contributed by atoms with Gasteiger partial charge in [0.15, 0.2) is 0 Å². The summed E-state index contributed by atoms with van der Waals surface area (Å²) in [6.07, 6.45) is 1.91. The average Bonchev–Trinajstić information content (AvgIpc) is 2.65. The molecule has 3 rings (SSSR count). The molecule has 2 atom stereocenters. The van der Waals surface area contributed by atoms with Crippen LogP contribution in [0, 0.1) is 5.41 Å². The molecule has 1 saturated heterocycles. The summed E-state index contributed by atoms with van der Waals surface area (Å²) in [5.74, 6) is 0. The van der Waals surface area contributed by atoms with Crippen molar-refractivity contribution in [2.75, 3.05) is 6.54 Å². The Hall–Kier alpha value is -1.46. The smallest absolute Gasteiger partial charge is 0.261 e. The number of piperidine rings is 1. The molecule has 0 saturated carbocycles. The van der Waals surface area contributed by atoms with Crippen LogP contribution in [0.25, 0.3) is 0 Å². The van der Waals surface area contributed by atoms with Crippen molar-refractivity contribution >= 4 is 18.7 Å². The van der Waals surface area contributed by atoms with E-state index in [0.29, 0.717) is 6.54 Å². The van der Waals surface area contributed by atoms with E-state index < -0.39 is 8.32 Å². The van der Waals surface area contributed by atoms with Crippen LogP contribution in [-0.2, 0) is 4.43 Å². The van der Waals surface area contributed by atoms with Gasteiger partial charge in [0.1, 0.15) is 0 Å². The highest BCUT2D eigenvalue weighted by Gasteiger charge is 2.53. The number of rotatable bonds is 4. The first-order valence-electron chi connectivity index (χ1n) is 10.8. The van der Waals surface area contributed by atoms with Gasteiger partial charge in [-0.2, -0.15) is 5.06 Å². The molecule has 2 aromatic rings. The molecule has 0 amide bonds. The van der Waals surface area contributed by atoms with Gasteiger partial charge in [-0.15, -0.1) is 0 Å². The molecule has 0 aliphatic carbocycles. The van der Waals surface area contributed by atoms with E-state index in [0.717, 1.165) is 12.8 Å². The normalized spacial score (nSPS) is 21.9. The summed E-state index contributed by atoms with van der Waals surface area (Å²) in [4.78, 5) is 0. The highest BCUT2D eigenvalue weighted by Crippen LogP contribution is 2.41. The van der Waals surface area contributed by atoms with E-state index >= 15 is 0 Å². The van der Waals surface area contributed by atoms with E-state index in [4.69, 9.17) is 4.43 Å². The topological polar surface area (TPSA) is 32.7 Å². The second-order valence-corrected chi connectivity index (χ2v) is 14.7. The minimum absolute atomic E-state index is 0.0138. The zero-order chi connectivity index (χ0) is 21.3. The molecule has 0 bridgehead atoms. The molecule has 158 valence electrons. The monoisotopic (exact) mass is 411 g/mol. The number of benzene rings is 2. The van der Waals surface area contributed by atoms with Crippen molar-refractivity contribution in [2.24, 2.45) is 5.41 Å². The van der Waals surface area contributed by atoms with Gasteiger partial charge in [-0.25, -0.2) is 0 Å². The Kier molecular flexibility index (Phi) is 6.40. The molecule has 3 nitrogen and oxygen atoms in total. The molecule has 0 radical (unpaired) electrons. The van der Waals surface area contributed by atoms with Gasteiger partial charge in [-0.3, -0.25) is 0 Å². The zero-order valence-corrected chi connectivity index (χ0v) is 19.9. The van der Waals surface area contributed by atoms with Crippen LogP contribution in [0.1, 0.15) is 54.4 Å². The molecule has 0 aromatic heterocycles. The van der Waals surface area contributed by atoms with Crippen molar-refractivity contribution in [3.63, 3.8) is 0 Å². The molecule has 0 unspecified atom stereocenters. The van der Waals surface area contributed by atoms with Crippen molar-refractivity contribution in [3.05, 3.63) is 60.7 Å². The molecule has 4 heteroatoms. The maximum absolute atomic E-state index is 10.8. The molecule has 29 heavy (non-hydrogen) atoms. The molecular formula is C25H37NO2Si. The molecule has 2 aromatic carbocycles. The van der Waals surface area contributed by atoms with Gasteiger partial charge in [-0.1, -0.05) is 102 Å². The van der Waals surface area contributed by atoms with Crippen molar-refractivity contribution in [3.8, 4) is 0 Å². The standard InChI is InChI=1S/C25H37NO2Si/c1-24(2,3)23-22(18-13-19-26(23)27)28-29(25(4,5)6,20-14-9-7-10-15-20)21-16-11-8-12-17-21/h7-12,14-17,22-23,27H,13,18-19H2,1-6H3/t22-,23-/m0/s1. The number of hydrogen-bond acceptors (Lipinski definition) is 3. The minimum atomic E-state index is -2.62. The Morgan fingerprint density at radius 3 is 1.76 bits per heavy atom. The van der Waals surface area contributed by atoms with Crippen molar-refractivity contribution in [2.45, 2.75) is 71.6 Å². The molecule has 0 spiro atoms. The third-order valence-corrected chi connectivity index (χ3v) is 11.2. The van der Waals surface area contributed by atoms with Crippen LogP contribution in [0.2, 0.25) is 5.04 Å². The van der Waals surface area contributed by atoms with Gasteiger partial charge in [0.2, 0.25) is 0 Å². The molecule has 1 heterocycles. The summed E-state index contributed by atoms with van der Waals surface area (Å²) < 4.78 is 7.36. The zero-order valence-electron chi connectivity index (χ0n) is 18.9. The molecule has 1 aliphatic rings. The number of hydrogen-bond donors (Lipinski definition) is 1. The van der Waals surface area contributed by atoms with Gasteiger partial charge >= 0.3 is 0 Å². The van der Waals surface area contributed by atoms with E-state index in [9.17, 15) is 5.21 Å². The predicted molar refractivity (Wildman–Crippen MR) is 123 cm³/mol. The lowest BCUT2D eigenvalue weighted by molar-refractivity contribution is -0.198. The summed E-state index contributed by atoms with van der Waals surface area (Å²) in [5, 5.41) is 14.8. The van der Waals surface area contributed by atoms with Crippen molar-refractivity contribution in [1.82, 2.24) is 5.06 Å². The summed E-state index contributed by atoms with van der Waals surface area (Å²) in [6, 6.07) is 21.5. The van der Waals surface area contributed by atoms with Crippen molar-refractivity contribution in [1.29, 1.82) is 0 Å². The summed E-state index contributed by atoms with van der Waals surface area (Å²) in [5.41, 5.74) is -0.0781. The number of hydroxylamine groups is 2. The quantitative estimate of drug-likeness (QED) is 0.731. The molecule has 1 aliphatic heterocycles. The Labute approximate surface area is 177 Å². The van der Waals surface area contributed by atoms with Gasteiger partial charge in [0.25, 0.3) is 8.32 Å². The minimum Gasteiger partial charge on any atom is -0.403 e. The van der Waals surface area contributed by atoms with E-state index in [1.54, 1.807) is 0 Å². The third-order valence-electron chi connectivity index (χ3n) is 6.18. The van der Waals surface area contributed by atoms with Gasteiger partial charge in [0.05, 0.1) is 12.1 Å². The first-order chi connectivity index (χ1) is 13.6. The Bertz CT molecular complexity index is 740. The van der Waals surface area contributed by atoms with Crippen LogP contribution in [0.15, 0.2) is 60.7 Å². The van der Waals surface area contributed by atoms with E-state index in [-0.39, 0.29) is 22.6 Å². The van der Waals surface area contributed by atoms with Crippen LogP contribution < -0.4 is 10.4 Å². The largest absolute Gasteiger partial charge is 0.403 e. The lowest BCUT2D eigenvalue weighted by atomic mass is 9.80. The van der Waals surface area contributed by atoms with Crippen molar-refractivity contribution < 1.29 is 9.63 Å². The fourth-order valence-electron chi connectivity index (χ4n) is 4.99.